The van der Waals surface area contributed by atoms with Gasteiger partial charge in [-0.2, -0.15) is 0 Å². The van der Waals surface area contributed by atoms with E-state index in [2.05, 4.69) is 62.4 Å². The first kappa shape index (κ1) is 53.4. The summed E-state index contributed by atoms with van der Waals surface area (Å²) in [6.07, 6.45) is 62.9. The van der Waals surface area contributed by atoms with Crippen LogP contribution in [-0.4, -0.2) is 0 Å². The summed E-state index contributed by atoms with van der Waals surface area (Å²) in [5.41, 5.74) is 2.88. The molecule has 1 heteroatoms. The summed E-state index contributed by atoms with van der Waals surface area (Å²) in [6, 6.07) is 17.7. The topological polar surface area (TPSA) is 9.23 Å². The van der Waals surface area contributed by atoms with Crippen molar-refractivity contribution >= 4 is 0 Å². The molecule has 0 heterocycles. The van der Waals surface area contributed by atoms with Gasteiger partial charge in [0.2, 0.25) is 0 Å². The van der Waals surface area contributed by atoms with Gasteiger partial charge in [0.1, 0.15) is 11.5 Å². The Bertz CT molecular complexity index is 998. The monoisotopic (exact) mass is 815 g/mol. The Balaban J connectivity index is 1.31. The zero-order valence-electron chi connectivity index (χ0n) is 40.1. The molecule has 0 amide bonds. The molecule has 2 aromatic rings. The molecular weight excluding hydrogens is 713 g/mol. The molecule has 0 spiro atoms. The number of hydrogen-bond donors (Lipinski definition) is 0. The van der Waals surface area contributed by atoms with Gasteiger partial charge in [0.15, 0.2) is 0 Å². The van der Waals surface area contributed by atoms with Crippen LogP contribution < -0.4 is 4.74 Å². The van der Waals surface area contributed by atoms with Crippen LogP contribution in [0.5, 0.6) is 11.5 Å². The van der Waals surface area contributed by atoms with E-state index in [1.807, 2.05) is 0 Å². The molecule has 2 rings (SSSR count). The summed E-state index contributed by atoms with van der Waals surface area (Å²) in [6.45, 7) is 4.61. The van der Waals surface area contributed by atoms with Crippen molar-refractivity contribution in [2.24, 2.45) is 0 Å². The van der Waals surface area contributed by atoms with Crippen molar-refractivity contribution in [1.29, 1.82) is 0 Å². The van der Waals surface area contributed by atoms with Gasteiger partial charge in [0.25, 0.3) is 0 Å². The third-order valence-electron chi connectivity index (χ3n) is 13.2. The first-order chi connectivity index (χ1) is 29.3. The number of benzene rings is 2. The van der Waals surface area contributed by atoms with E-state index < -0.39 is 0 Å². The Morgan fingerprint density at radius 1 is 0.220 bits per heavy atom. The van der Waals surface area contributed by atoms with Crippen LogP contribution in [0.15, 0.2) is 48.5 Å². The van der Waals surface area contributed by atoms with E-state index in [0.29, 0.717) is 0 Å². The molecule has 2 aromatic carbocycles. The maximum atomic E-state index is 6.19. The van der Waals surface area contributed by atoms with Crippen molar-refractivity contribution in [3.63, 3.8) is 0 Å². The first-order valence-electron chi connectivity index (χ1n) is 27.2. The lowest BCUT2D eigenvalue weighted by atomic mass is 10.0. The molecule has 0 N–H and O–H groups in total. The van der Waals surface area contributed by atoms with E-state index in [1.54, 1.807) is 0 Å². The molecule has 0 unspecified atom stereocenters. The maximum Gasteiger partial charge on any atom is 0.127 e. The van der Waals surface area contributed by atoms with Crippen LogP contribution in [0.2, 0.25) is 0 Å². The molecular formula is C58H102O. The summed E-state index contributed by atoms with van der Waals surface area (Å²) in [5.74, 6) is 1.90. The molecule has 0 radical (unpaired) electrons. The molecule has 1 nitrogen and oxygen atoms in total. The van der Waals surface area contributed by atoms with Crippen molar-refractivity contribution in [2.45, 2.75) is 296 Å². The fourth-order valence-electron chi connectivity index (χ4n) is 9.11. The highest BCUT2D eigenvalue weighted by atomic mass is 16.5. The molecule has 59 heavy (non-hydrogen) atoms. The van der Waals surface area contributed by atoms with Crippen LogP contribution >= 0.6 is 0 Å². The average Bonchev–Trinajstić information content (AvgIpc) is 3.26. The molecule has 0 aromatic heterocycles. The van der Waals surface area contributed by atoms with Crippen molar-refractivity contribution in [3.05, 3.63) is 59.7 Å². The predicted octanol–water partition coefficient (Wildman–Crippen LogP) is 21.0. The lowest BCUT2D eigenvalue weighted by Gasteiger charge is -2.08. The SMILES string of the molecule is CCCCCCCCCCCCCCCCCCCCCCCc1ccc(Oc2ccc(CCCCCCCCCCCCCCCCCCCCCCC)cc2)cc1. The zero-order chi connectivity index (χ0) is 41.8. The molecule has 0 aliphatic carbocycles. The third kappa shape index (κ3) is 35.5. The highest BCUT2D eigenvalue weighted by Gasteiger charge is 2.02. The van der Waals surface area contributed by atoms with E-state index in [0.717, 1.165) is 11.5 Å². The minimum Gasteiger partial charge on any atom is -0.457 e. The van der Waals surface area contributed by atoms with E-state index in [4.69, 9.17) is 4.74 Å². The fourth-order valence-corrected chi connectivity index (χ4v) is 9.11. The van der Waals surface area contributed by atoms with Crippen LogP contribution in [0, 0.1) is 0 Å². The molecule has 0 aliphatic rings. The molecule has 340 valence electrons. The van der Waals surface area contributed by atoms with Crippen molar-refractivity contribution in [1.82, 2.24) is 0 Å². The van der Waals surface area contributed by atoms with Crippen molar-refractivity contribution in [3.8, 4) is 11.5 Å². The predicted molar refractivity (Wildman–Crippen MR) is 266 cm³/mol. The Labute approximate surface area is 370 Å². The smallest absolute Gasteiger partial charge is 0.127 e. The van der Waals surface area contributed by atoms with Gasteiger partial charge < -0.3 is 4.74 Å². The fraction of sp³-hybridized carbons (Fsp3) is 0.793. The van der Waals surface area contributed by atoms with Crippen LogP contribution in [-0.2, 0) is 12.8 Å². The van der Waals surface area contributed by atoms with Crippen LogP contribution in [0.25, 0.3) is 0 Å². The van der Waals surface area contributed by atoms with Crippen LogP contribution in [0.3, 0.4) is 0 Å². The molecule has 0 bridgehead atoms. The Kier molecular flexibility index (Phi) is 38.8. The molecule has 0 aliphatic heterocycles. The van der Waals surface area contributed by atoms with Gasteiger partial charge in [-0.1, -0.05) is 295 Å². The summed E-state index contributed by atoms with van der Waals surface area (Å²) < 4.78 is 6.19. The van der Waals surface area contributed by atoms with Crippen LogP contribution in [0.1, 0.15) is 295 Å². The zero-order valence-corrected chi connectivity index (χ0v) is 40.1. The summed E-state index contributed by atoms with van der Waals surface area (Å²) in [5, 5.41) is 0. The Morgan fingerprint density at radius 3 is 0.576 bits per heavy atom. The van der Waals surface area contributed by atoms with Gasteiger partial charge in [-0.3, -0.25) is 0 Å². The number of unbranched alkanes of at least 4 members (excludes halogenated alkanes) is 40. The highest BCUT2D eigenvalue weighted by Crippen LogP contribution is 2.24. The summed E-state index contributed by atoms with van der Waals surface area (Å²) in [7, 11) is 0. The number of aryl methyl sites for hydroxylation is 2. The molecule has 0 saturated heterocycles. The Hall–Kier alpha value is -1.76. The highest BCUT2D eigenvalue weighted by molar-refractivity contribution is 5.34. The minimum atomic E-state index is 0.949. The normalized spacial score (nSPS) is 11.5. The molecule has 0 atom stereocenters. The van der Waals surface area contributed by atoms with Gasteiger partial charge in [0, 0.05) is 0 Å². The second-order valence-corrected chi connectivity index (χ2v) is 19.0. The van der Waals surface area contributed by atoms with E-state index in [-0.39, 0.29) is 0 Å². The van der Waals surface area contributed by atoms with E-state index in [1.165, 1.54) is 294 Å². The van der Waals surface area contributed by atoms with Gasteiger partial charge >= 0.3 is 0 Å². The third-order valence-corrected chi connectivity index (χ3v) is 13.2. The minimum absolute atomic E-state index is 0.949. The lowest BCUT2D eigenvalue weighted by Crippen LogP contribution is -1.90. The number of ether oxygens (including phenoxy) is 1. The van der Waals surface area contributed by atoms with Crippen LogP contribution in [0.4, 0.5) is 0 Å². The largest absolute Gasteiger partial charge is 0.457 e. The van der Waals surface area contributed by atoms with Crippen molar-refractivity contribution in [2.75, 3.05) is 0 Å². The van der Waals surface area contributed by atoms with Crippen molar-refractivity contribution < 1.29 is 4.74 Å². The quantitative estimate of drug-likeness (QED) is 0.0605. The van der Waals surface area contributed by atoms with Gasteiger partial charge in [0.05, 0.1) is 0 Å². The second-order valence-electron chi connectivity index (χ2n) is 19.0. The van der Waals surface area contributed by atoms with E-state index in [9.17, 15) is 0 Å². The number of hydrogen-bond acceptors (Lipinski definition) is 1. The summed E-state index contributed by atoms with van der Waals surface area (Å²) >= 11 is 0. The van der Waals surface area contributed by atoms with Gasteiger partial charge in [-0.25, -0.2) is 0 Å². The Morgan fingerprint density at radius 2 is 0.390 bits per heavy atom. The standard InChI is InChI=1S/C58H102O/c1-3-5-7-9-11-13-15-17-19-21-23-25-27-29-31-33-35-37-39-41-43-45-55-47-51-57(52-48-55)59-58-53-49-56(50-54-58)46-44-42-40-38-36-34-32-30-28-26-24-22-20-18-16-14-12-10-8-6-4-2/h47-54H,3-46H2,1-2H3. The second kappa shape index (κ2) is 42.9. The van der Waals surface area contributed by atoms with Gasteiger partial charge in [-0.15, -0.1) is 0 Å². The first-order valence-corrected chi connectivity index (χ1v) is 27.2. The van der Waals surface area contributed by atoms with E-state index >= 15 is 0 Å². The maximum absolute atomic E-state index is 6.19. The van der Waals surface area contributed by atoms with Gasteiger partial charge in [-0.05, 0) is 61.1 Å². The lowest BCUT2D eigenvalue weighted by molar-refractivity contribution is 0.482. The summed E-state index contributed by atoms with van der Waals surface area (Å²) in [4.78, 5) is 0. The average molecular weight is 815 g/mol. The molecule has 0 saturated carbocycles. The molecule has 0 fully saturated rings. The number of rotatable bonds is 46.